The van der Waals surface area contributed by atoms with Crippen LogP contribution in [0.4, 0.5) is 5.69 Å². The molecular weight excluding hydrogens is 402 g/mol. The Hall–Kier alpha value is -3.38. The lowest BCUT2D eigenvalue weighted by Crippen LogP contribution is -2.31. The molecule has 0 radical (unpaired) electrons. The number of hydrogen-bond donors (Lipinski definition) is 1. The Balaban J connectivity index is 1.36. The van der Waals surface area contributed by atoms with Crippen LogP contribution in [0.1, 0.15) is 28.7 Å². The fraction of sp³-hybridized carbons (Fsp3) is 0.308. The van der Waals surface area contributed by atoms with Gasteiger partial charge in [0.05, 0.1) is 26.1 Å². The third-order valence-electron chi connectivity index (χ3n) is 5.83. The maximum Gasteiger partial charge on any atom is 0.224 e. The standard InChI is InChI=1S/C26H29N3O3/c1-31-24-10-8-19(14-25(24)32-2)9-11-26(30)28-23-16-27-15-21-18-29(13-12-22(21)23)17-20-6-4-3-5-7-20/h3-8,10,14-16H,9,11-13,17-18H2,1-2H3,(H,28,30). The van der Waals surface area contributed by atoms with E-state index in [1.54, 1.807) is 20.4 Å². The van der Waals surface area contributed by atoms with Crippen molar-refractivity contribution in [2.45, 2.75) is 32.4 Å². The van der Waals surface area contributed by atoms with Gasteiger partial charge in [0, 0.05) is 32.3 Å². The number of carbonyl (C=O) groups excluding carboxylic acids is 1. The molecule has 6 nitrogen and oxygen atoms in total. The van der Waals surface area contributed by atoms with Gasteiger partial charge in [-0.05, 0) is 47.2 Å². The number of benzene rings is 2. The maximum absolute atomic E-state index is 12.6. The normalized spacial score (nSPS) is 13.3. The van der Waals surface area contributed by atoms with Crippen molar-refractivity contribution in [3.05, 3.63) is 83.2 Å². The first-order valence-corrected chi connectivity index (χ1v) is 10.9. The van der Waals surface area contributed by atoms with Gasteiger partial charge in [0.25, 0.3) is 0 Å². The molecule has 4 rings (SSSR count). The molecular formula is C26H29N3O3. The molecule has 0 spiro atoms. The molecule has 2 aromatic carbocycles. The summed E-state index contributed by atoms with van der Waals surface area (Å²) in [6.45, 7) is 2.72. The minimum absolute atomic E-state index is 0.0123. The molecule has 1 aromatic heterocycles. The number of methoxy groups -OCH3 is 2. The van der Waals surface area contributed by atoms with Crippen LogP contribution in [0.25, 0.3) is 0 Å². The van der Waals surface area contributed by atoms with Gasteiger partial charge in [-0.25, -0.2) is 0 Å². The number of aryl methyl sites for hydroxylation is 1. The molecule has 0 bridgehead atoms. The first-order valence-electron chi connectivity index (χ1n) is 10.9. The highest BCUT2D eigenvalue weighted by molar-refractivity contribution is 5.91. The van der Waals surface area contributed by atoms with Crippen molar-refractivity contribution >= 4 is 11.6 Å². The second-order valence-electron chi connectivity index (χ2n) is 8.01. The second-order valence-corrected chi connectivity index (χ2v) is 8.01. The van der Waals surface area contributed by atoms with E-state index in [9.17, 15) is 4.79 Å². The minimum Gasteiger partial charge on any atom is -0.493 e. The Morgan fingerprint density at radius 1 is 1.03 bits per heavy atom. The van der Waals surface area contributed by atoms with Crippen LogP contribution in [0.5, 0.6) is 11.5 Å². The topological polar surface area (TPSA) is 63.7 Å². The number of fused-ring (bicyclic) bond motifs is 1. The maximum atomic E-state index is 12.6. The number of nitrogens with one attached hydrogen (secondary N) is 1. The highest BCUT2D eigenvalue weighted by Crippen LogP contribution is 2.29. The monoisotopic (exact) mass is 431 g/mol. The van der Waals surface area contributed by atoms with Gasteiger partial charge in [0.15, 0.2) is 11.5 Å². The van der Waals surface area contributed by atoms with Crippen LogP contribution in [0.3, 0.4) is 0 Å². The average molecular weight is 432 g/mol. The smallest absolute Gasteiger partial charge is 0.224 e. The Morgan fingerprint density at radius 3 is 2.62 bits per heavy atom. The Kier molecular flexibility index (Phi) is 7.02. The van der Waals surface area contributed by atoms with Crippen LogP contribution in [0.2, 0.25) is 0 Å². The third-order valence-corrected chi connectivity index (χ3v) is 5.83. The van der Waals surface area contributed by atoms with Crippen LogP contribution < -0.4 is 14.8 Å². The lowest BCUT2D eigenvalue weighted by molar-refractivity contribution is -0.116. The van der Waals surface area contributed by atoms with E-state index < -0.39 is 0 Å². The SMILES string of the molecule is COc1ccc(CCC(=O)Nc2cncc3c2CCN(Cc2ccccc2)C3)cc1OC. The predicted molar refractivity (Wildman–Crippen MR) is 125 cm³/mol. The highest BCUT2D eigenvalue weighted by Gasteiger charge is 2.20. The van der Waals surface area contributed by atoms with Gasteiger partial charge in [0.1, 0.15) is 0 Å². The molecule has 0 fully saturated rings. The van der Waals surface area contributed by atoms with E-state index in [1.165, 1.54) is 16.7 Å². The van der Waals surface area contributed by atoms with Gasteiger partial charge in [-0.2, -0.15) is 0 Å². The van der Waals surface area contributed by atoms with E-state index in [-0.39, 0.29) is 5.91 Å². The molecule has 0 aliphatic carbocycles. The van der Waals surface area contributed by atoms with Crippen LogP contribution in [-0.4, -0.2) is 36.6 Å². The van der Waals surface area contributed by atoms with Gasteiger partial charge in [-0.3, -0.25) is 14.7 Å². The van der Waals surface area contributed by atoms with Gasteiger partial charge < -0.3 is 14.8 Å². The van der Waals surface area contributed by atoms with Gasteiger partial charge in [0.2, 0.25) is 5.91 Å². The van der Waals surface area contributed by atoms with E-state index in [4.69, 9.17) is 9.47 Å². The summed E-state index contributed by atoms with van der Waals surface area (Å²) in [5.41, 5.74) is 5.55. The van der Waals surface area contributed by atoms with Crippen molar-refractivity contribution in [3.63, 3.8) is 0 Å². The van der Waals surface area contributed by atoms with Gasteiger partial charge >= 0.3 is 0 Å². The van der Waals surface area contributed by atoms with Crippen molar-refractivity contribution in [2.75, 3.05) is 26.1 Å². The molecule has 0 atom stereocenters. The Bertz CT molecular complexity index is 1070. The molecule has 6 heteroatoms. The zero-order chi connectivity index (χ0) is 22.3. The lowest BCUT2D eigenvalue weighted by Gasteiger charge is -2.29. The molecule has 1 amide bonds. The third kappa shape index (κ3) is 5.26. The van der Waals surface area contributed by atoms with Crippen molar-refractivity contribution in [3.8, 4) is 11.5 Å². The summed E-state index contributed by atoms with van der Waals surface area (Å²) >= 11 is 0. The second kappa shape index (κ2) is 10.3. The van der Waals surface area contributed by atoms with Crippen molar-refractivity contribution in [1.82, 2.24) is 9.88 Å². The molecule has 0 saturated carbocycles. The summed E-state index contributed by atoms with van der Waals surface area (Å²) in [6.07, 6.45) is 5.60. The van der Waals surface area contributed by atoms with Gasteiger partial charge in [-0.1, -0.05) is 36.4 Å². The fourth-order valence-corrected chi connectivity index (χ4v) is 4.14. The van der Waals surface area contributed by atoms with E-state index in [2.05, 4.69) is 39.5 Å². The number of carbonyl (C=O) groups is 1. The number of nitrogens with zero attached hydrogens (tertiary/aromatic N) is 2. The van der Waals surface area contributed by atoms with Crippen LogP contribution in [-0.2, 0) is 30.7 Å². The number of hydrogen-bond acceptors (Lipinski definition) is 5. The summed E-state index contributed by atoms with van der Waals surface area (Å²) < 4.78 is 10.6. The van der Waals surface area contributed by atoms with Crippen LogP contribution in [0.15, 0.2) is 60.9 Å². The fourth-order valence-electron chi connectivity index (χ4n) is 4.14. The molecule has 2 heterocycles. The first-order chi connectivity index (χ1) is 15.7. The number of pyridine rings is 1. The zero-order valence-electron chi connectivity index (χ0n) is 18.6. The van der Waals surface area contributed by atoms with Crippen molar-refractivity contribution < 1.29 is 14.3 Å². The zero-order valence-corrected chi connectivity index (χ0v) is 18.6. The molecule has 32 heavy (non-hydrogen) atoms. The molecule has 3 aromatic rings. The molecule has 1 N–H and O–H groups in total. The predicted octanol–water partition coefficient (Wildman–Crippen LogP) is 4.23. The summed E-state index contributed by atoms with van der Waals surface area (Å²) in [6, 6.07) is 16.2. The number of ether oxygens (including phenoxy) is 2. The number of aromatic nitrogens is 1. The van der Waals surface area contributed by atoms with E-state index >= 15 is 0 Å². The number of rotatable bonds is 8. The Labute approximate surface area is 189 Å². The van der Waals surface area contributed by atoms with Crippen molar-refractivity contribution in [2.24, 2.45) is 0 Å². The number of anilines is 1. The van der Waals surface area contributed by atoms with Crippen molar-refractivity contribution in [1.29, 1.82) is 0 Å². The largest absolute Gasteiger partial charge is 0.493 e. The molecule has 0 saturated heterocycles. The minimum atomic E-state index is -0.0123. The number of amides is 1. The quantitative estimate of drug-likeness (QED) is 0.578. The van der Waals surface area contributed by atoms with Gasteiger partial charge in [-0.15, -0.1) is 0 Å². The van der Waals surface area contributed by atoms with Crippen LogP contribution in [0, 0.1) is 0 Å². The van der Waals surface area contributed by atoms with E-state index in [1.807, 2.05) is 30.5 Å². The summed E-state index contributed by atoms with van der Waals surface area (Å²) in [5.74, 6) is 1.34. The summed E-state index contributed by atoms with van der Waals surface area (Å²) in [7, 11) is 3.22. The summed E-state index contributed by atoms with van der Waals surface area (Å²) in [4.78, 5) is 19.4. The van der Waals surface area contributed by atoms with Crippen LogP contribution >= 0.6 is 0 Å². The van der Waals surface area contributed by atoms with E-state index in [0.717, 1.165) is 37.3 Å². The molecule has 1 aliphatic rings. The lowest BCUT2D eigenvalue weighted by atomic mass is 9.99. The highest BCUT2D eigenvalue weighted by atomic mass is 16.5. The summed E-state index contributed by atoms with van der Waals surface area (Å²) in [5, 5.41) is 3.08. The first kappa shape index (κ1) is 21.8. The average Bonchev–Trinajstić information content (AvgIpc) is 2.83. The molecule has 0 unspecified atom stereocenters. The van der Waals surface area contributed by atoms with E-state index in [0.29, 0.717) is 24.3 Å². The molecule has 166 valence electrons. The Morgan fingerprint density at radius 2 is 1.84 bits per heavy atom. The molecule has 1 aliphatic heterocycles.